The Kier molecular flexibility index (Phi) is 7.52. The van der Waals surface area contributed by atoms with Gasteiger partial charge in [0.25, 0.3) is 0 Å². The Balaban J connectivity index is 2.40. The number of rotatable bonds is 9. The quantitative estimate of drug-likeness (QED) is 0.435. The third kappa shape index (κ3) is 4.60. The average Bonchev–Trinajstić information content (AvgIpc) is 2.88. The zero-order valence-corrected chi connectivity index (χ0v) is 19.6. The molecule has 3 aromatic rings. The van der Waals surface area contributed by atoms with E-state index in [1.165, 1.54) is 0 Å². The standard InChI is InChI=1S/C26H27NO6/c1-28-20-13-24(32-5)22(30-3)11-18(20)26(17-9-7-8-16(10-17)15-27)19-12-23(31-4)25(33-6)14-21(19)29-2/h7-14,26H,1-6H3. The molecule has 0 aliphatic rings. The van der Waals surface area contributed by atoms with Gasteiger partial charge in [0.1, 0.15) is 11.5 Å². The third-order valence-corrected chi connectivity index (χ3v) is 5.44. The summed E-state index contributed by atoms with van der Waals surface area (Å²) < 4.78 is 33.6. The molecule has 0 heterocycles. The van der Waals surface area contributed by atoms with Crippen LogP contribution >= 0.6 is 0 Å². The molecule has 0 aromatic heterocycles. The van der Waals surface area contributed by atoms with Crippen LogP contribution in [-0.4, -0.2) is 42.7 Å². The zero-order valence-electron chi connectivity index (χ0n) is 19.6. The molecule has 7 nitrogen and oxygen atoms in total. The van der Waals surface area contributed by atoms with Gasteiger partial charge in [-0.25, -0.2) is 0 Å². The molecule has 0 aliphatic carbocycles. The van der Waals surface area contributed by atoms with Gasteiger partial charge in [0.05, 0.1) is 54.3 Å². The lowest BCUT2D eigenvalue weighted by molar-refractivity contribution is 0.345. The number of methoxy groups -OCH3 is 6. The molecular weight excluding hydrogens is 422 g/mol. The summed E-state index contributed by atoms with van der Waals surface area (Å²) in [6, 6.07) is 16.9. The minimum absolute atomic E-state index is 0.386. The van der Waals surface area contributed by atoms with Gasteiger partial charge in [-0.3, -0.25) is 0 Å². The van der Waals surface area contributed by atoms with Gasteiger partial charge in [0.15, 0.2) is 23.0 Å². The predicted molar refractivity (Wildman–Crippen MR) is 124 cm³/mol. The molecule has 0 radical (unpaired) electrons. The molecule has 3 rings (SSSR count). The Bertz CT molecular complexity index is 1100. The number of benzene rings is 3. The fourth-order valence-electron chi connectivity index (χ4n) is 3.87. The van der Waals surface area contributed by atoms with E-state index in [0.29, 0.717) is 40.1 Å². The first-order chi connectivity index (χ1) is 16.0. The molecule has 0 amide bonds. The van der Waals surface area contributed by atoms with Gasteiger partial charge >= 0.3 is 0 Å². The third-order valence-electron chi connectivity index (χ3n) is 5.44. The van der Waals surface area contributed by atoms with Crippen molar-refractivity contribution in [3.8, 4) is 40.6 Å². The van der Waals surface area contributed by atoms with Crippen LogP contribution in [0.25, 0.3) is 0 Å². The van der Waals surface area contributed by atoms with E-state index in [1.807, 2.05) is 30.3 Å². The first kappa shape index (κ1) is 23.6. The second-order valence-electron chi connectivity index (χ2n) is 7.07. The second kappa shape index (κ2) is 10.5. The van der Waals surface area contributed by atoms with E-state index in [0.717, 1.165) is 16.7 Å². The lowest BCUT2D eigenvalue weighted by atomic mass is 9.83. The van der Waals surface area contributed by atoms with Crippen molar-refractivity contribution in [3.05, 3.63) is 70.8 Å². The highest BCUT2D eigenvalue weighted by Crippen LogP contribution is 2.47. The van der Waals surface area contributed by atoms with Gasteiger partial charge in [-0.05, 0) is 29.8 Å². The molecule has 33 heavy (non-hydrogen) atoms. The fraction of sp³-hybridized carbons (Fsp3) is 0.269. The number of hydrogen-bond donors (Lipinski definition) is 0. The van der Waals surface area contributed by atoms with Crippen LogP contribution in [0.1, 0.15) is 28.2 Å². The predicted octanol–water partition coefficient (Wildman–Crippen LogP) is 4.79. The highest BCUT2D eigenvalue weighted by atomic mass is 16.5. The number of nitrogens with zero attached hydrogens (tertiary/aromatic N) is 1. The van der Waals surface area contributed by atoms with E-state index in [4.69, 9.17) is 28.4 Å². The molecule has 7 heteroatoms. The Hall–Kier alpha value is -4.05. The highest BCUT2D eigenvalue weighted by Gasteiger charge is 2.28. The van der Waals surface area contributed by atoms with E-state index >= 15 is 0 Å². The van der Waals surface area contributed by atoms with Gasteiger partial charge < -0.3 is 28.4 Å². The first-order valence-electron chi connectivity index (χ1n) is 10.1. The van der Waals surface area contributed by atoms with Crippen LogP contribution in [0.15, 0.2) is 48.5 Å². The molecule has 0 unspecified atom stereocenters. The topological polar surface area (TPSA) is 79.2 Å². The SMILES string of the molecule is COc1cc(OC)c(C(c2cccc(C#N)c2)c2cc(OC)c(OC)cc2OC)cc1OC. The Morgan fingerprint density at radius 3 is 1.39 bits per heavy atom. The number of nitriles is 1. The van der Waals surface area contributed by atoms with E-state index in [1.54, 1.807) is 60.9 Å². The monoisotopic (exact) mass is 449 g/mol. The lowest BCUT2D eigenvalue weighted by Gasteiger charge is -2.25. The van der Waals surface area contributed by atoms with Crippen LogP contribution in [0.5, 0.6) is 34.5 Å². The summed E-state index contributed by atoms with van der Waals surface area (Å²) in [5, 5.41) is 9.51. The molecule has 0 saturated carbocycles. The van der Waals surface area contributed by atoms with Gasteiger partial charge in [-0.2, -0.15) is 5.26 Å². The molecule has 0 atom stereocenters. The second-order valence-corrected chi connectivity index (χ2v) is 7.07. The molecular formula is C26H27NO6. The molecule has 0 N–H and O–H groups in total. The molecule has 0 spiro atoms. The molecule has 0 aliphatic heterocycles. The lowest BCUT2D eigenvalue weighted by Crippen LogP contribution is -2.09. The van der Waals surface area contributed by atoms with Crippen LogP contribution in [0.4, 0.5) is 0 Å². The Morgan fingerprint density at radius 2 is 1.00 bits per heavy atom. The largest absolute Gasteiger partial charge is 0.496 e. The summed E-state index contributed by atoms with van der Waals surface area (Å²) in [7, 11) is 9.50. The highest BCUT2D eigenvalue weighted by molar-refractivity contribution is 5.62. The van der Waals surface area contributed by atoms with Crippen molar-refractivity contribution in [3.63, 3.8) is 0 Å². The van der Waals surface area contributed by atoms with Crippen molar-refractivity contribution in [2.75, 3.05) is 42.7 Å². The van der Waals surface area contributed by atoms with Crippen LogP contribution in [0.3, 0.4) is 0 Å². The molecule has 3 aromatic carbocycles. The van der Waals surface area contributed by atoms with Gasteiger partial charge in [-0.1, -0.05) is 12.1 Å². The smallest absolute Gasteiger partial charge is 0.164 e. The number of hydrogen-bond acceptors (Lipinski definition) is 7. The molecule has 172 valence electrons. The zero-order chi connectivity index (χ0) is 24.0. The van der Waals surface area contributed by atoms with Crippen LogP contribution in [0, 0.1) is 11.3 Å². The fourth-order valence-corrected chi connectivity index (χ4v) is 3.87. The van der Waals surface area contributed by atoms with Crippen molar-refractivity contribution in [1.29, 1.82) is 5.26 Å². The maximum Gasteiger partial charge on any atom is 0.164 e. The summed E-state index contributed by atoms with van der Waals surface area (Å²) in [6.07, 6.45) is 0. The summed E-state index contributed by atoms with van der Waals surface area (Å²) in [4.78, 5) is 0. The van der Waals surface area contributed by atoms with E-state index < -0.39 is 0 Å². The average molecular weight is 450 g/mol. The molecule has 0 fully saturated rings. The Labute approximate surface area is 194 Å². The van der Waals surface area contributed by atoms with Crippen molar-refractivity contribution in [1.82, 2.24) is 0 Å². The van der Waals surface area contributed by atoms with Crippen molar-refractivity contribution < 1.29 is 28.4 Å². The minimum atomic E-state index is -0.386. The van der Waals surface area contributed by atoms with Crippen molar-refractivity contribution >= 4 is 0 Å². The molecule has 0 bridgehead atoms. The summed E-state index contributed by atoms with van der Waals surface area (Å²) in [5.41, 5.74) is 3.01. The van der Waals surface area contributed by atoms with E-state index in [9.17, 15) is 5.26 Å². The van der Waals surface area contributed by atoms with Crippen LogP contribution in [-0.2, 0) is 0 Å². The normalized spacial score (nSPS) is 10.4. The summed E-state index contributed by atoms with van der Waals surface area (Å²) in [5.74, 6) is 2.99. The summed E-state index contributed by atoms with van der Waals surface area (Å²) >= 11 is 0. The van der Waals surface area contributed by atoms with E-state index in [2.05, 4.69) is 6.07 Å². The minimum Gasteiger partial charge on any atom is -0.496 e. The van der Waals surface area contributed by atoms with E-state index in [-0.39, 0.29) is 5.92 Å². The van der Waals surface area contributed by atoms with Crippen molar-refractivity contribution in [2.24, 2.45) is 0 Å². The maximum absolute atomic E-state index is 9.51. The molecule has 0 saturated heterocycles. The van der Waals surface area contributed by atoms with Gasteiger partial charge in [0, 0.05) is 29.2 Å². The van der Waals surface area contributed by atoms with Gasteiger partial charge in [-0.15, -0.1) is 0 Å². The first-order valence-corrected chi connectivity index (χ1v) is 10.1. The van der Waals surface area contributed by atoms with Crippen LogP contribution in [0.2, 0.25) is 0 Å². The number of ether oxygens (including phenoxy) is 6. The van der Waals surface area contributed by atoms with Crippen molar-refractivity contribution in [2.45, 2.75) is 5.92 Å². The van der Waals surface area contributed by atoms with Crippen LogP contribution < -0.4 is 28.4 Å². The summed E-state index contributed by atoms with van der Waals surface area (Å²) in [6.45, 7) is 0. The Morgan fingerprint density at radius 1 is 0.576 bits per heavy atom. The maximum atomic E-state index is 9.51. The van der Waals surface area contributed by atoms with Gasteiger partial charge in [0.2, 0.25) is 0 Å².